The molecule has 2 aliphatic rings. The van der Waals surface area contributed by atoms with Crippen molar-refractivity contribution in [2.24, 2.45) is 11.3 Å². The van der Waals surface area contributed by atoms with E-state index in [9.17, 15) is 0 Å². The molecule has 0 aliphatic heterocycles. The number of nitrogens with two attached hydrogens (primary N) is 1. The maximum absolute atomic E-state index is 5.54. The van der Waals surface area contributed by atoms with E-state index in [4.69, 9.17) is 10.8 Å². The summed E-state index contributed by atoms with van der Waals surface area (Å²) in [4.78, 5) is 9.29. The molecule has 1 heterocycles. The lowest BCUT2D eigenvalue weighted by atomic mass is 10.1. The highest BCUT2D eigenvalue weighted by Crippen LogP contribution is 2.57. The SMILES string of the molecule is CC1(C)CC1c1nc2c(c(NN)n1)CCC2. The van der Waals surface area contributed by atoms with Crippen molar-refractivity contribution in [3.8, 4) is 0 Å². The number of hydrogen-bond donors (Lipinski definition) is 2. The lowest BCUT2D eigenvalue weighted by molar-refractivity contribution is 0.607. The third-order valence-corrected chi connectivity index (χ3v) is 3.91. The minimum atomic E-state index is 0.374. The Balaban J connectivity index is 2.02. The molecule has 0 bridgehead atoms. The zero-order valence-electron chi connectivity index (χ0n) is 9.88. The number of nitrogens with one attached hydrogen (secondary N) is 1. The molecule has 2 aliphatic carbocycles. The van der Waals surface area contributed by atoms with E-state index in [2.05, 4.69) is 24.3 Å². The van der Waals surface area contributed by atoms with Crippen LogP contribution in [0.5, 0.6) is 0 Å². The molecule has 0 saturated heterocycles. The van der Waals surface area contributed by atoms with E-state index >= 15 is 0 Å². The number of anilines is 1. The molecular formula is C12H18N4. The van der Waals surface area contributed by atoms with Gasteiger partial charge in [0.15, 0.2) is 0 Å². The molecule has 86 valence electrons. The Kier molecular flexibility index (Phi) is 1.98. The van der Waals surface area contributed by atoms with Crippen LogP contribution in [-0.4, -0.2) is 9.97 Å². The first-order chi connectivity index (χ1) is 7.62. The van der Waals surface area contributed by atoms with Gasteiger partial charge in [0.25, 0.3) is 0 Å². The Morgan fingerprint density at radius 2 is 2.06 bits per heavy atom. The number of nitrogens with zero attached hydrogens (tertiary/aromatic N) is 2. The van der Waals surface area contributed by atoms with Gasteiger partial charge >= 0.3 is 0 Å². The first kappa shape index (κ1) is 10.0. The second-order valence-corrected chi connectivity index (χ2v) is 5.60. The standard InChI is InChI=1S/C12H18N4/c1-12(2)6-8(12)11-14-9-5-3-4-7(9)10(15-11)16-13/h8H,3-6,13H2,1-2H3,(H,14,15,16). The van der Waals surface area contributed by atoms with Gasteiger partial charge in [-0.15, -0.1) is 0 Å². The van der Waals surface area contributed by atoms with Gasteiger partial charge < -0.3 is 5.43 Å². The van der Waals surface area contributed by atoms with Gasteiger partial charge in [0.05, 0.1) is 0 Å². The summed E-state index contributed by atoms with van der Waals surface area (Å²) in [5, 5.41) is 0. The van der Waals surface area contributed by atoms with E-state index in [1.807, 2.05) is 0 Å². The van der Waals surface area contributed by atoms with Crippen LogP contribution in [-0.2, 0) is 12.8 Å². The Labute approximate surface area is 95.6 Å². The molecule has 16 heavy (non-hydrogen) atoms. The second-order valence-electron chi connectivity index (χ2n) is 5.60. The van der Waals surface area contributed by atoms with E-state index in [-0.39, 0.29) is 0 Å². The van der Waals surface area contributed by atoms with Crippen molar-refractivity contribution >= 4 is 5.82 Å². The Hall–Kier alpha value is -1.16. The van der Waals surface area contributed by atoms with Gasteiger partial charge in [0.2, 0.25) is 0 Å². The fourth-order valence-corrected chi connectivity index (χ4v) is 2.63. The molecule has 1 fully saturated rings. The Morgan fingerprint density at radius 1 is 1.31 bits per heavy atom. The topological polar surface area (TPSA) is 63.8 Å². The number of fused-ring (bicyclic) bond motifs is 1. The van der Waals surface area contributed by atoms with Crippen molar-refractivity contribution in [3.05, 3.63) is 17.1 Å². The molecule has 4 nitrogen and oxygen atoms in total. The molecule has 1 aromatic heterocycles. The third-order valence-electron chi connectivity index (χ3n) is 3.91. The highest BCUT2D eigenvalue weighted by Gasteiger charge is 2.49. The summed E-state index contributed by atoms with van der Waals surface area (Å²) in [7, 11) is 0. The Morgan fingerprint density at radius 3 is 2.69 bits per heavy atom. The molecule has 1 aromatic rings. The fraction of sp³-hybridized carbons (Fsp3) is 0.667. The largest absolute Gasteiger partial charge is 0.308 e. The molecule has 0 aromatic carbocycles. The first-order valence-electron chi connectivity index (χ1n) is 5.98. The predicted molar refractivity (Wildman–Crippen MR) is 63.0 cm³/mol. The fourth-order valence-electron chi connectivity index (χ4n) is 2.63. The van der Waals surface area contributed by atoms with Crippen LogP contribution in [0, 0.1) is 5.41 Å². The van der Waals surface area contributed by atoms with Crippen molar-refractivity contribution in [2.45, 2.75) is 45.4 Å². The molecule has 1 saturated carbocycles. The van der Waals surface area contributed by atoms with Crippen molar-refractivity contribution in [3.63, 3.8) is 0 Å². The third kappa shape index (κ3) is 1.40. The molecule has 1 unspecified atom stereocenters. The molecule has 3 rings (SSSR count). The summed E-state index contributed by atoms with van der Waals surface area (Å²) in [6, 6.07) is 0. The molecule has 1 atom stereocenters. The minimum absolute atomic E-state index is 0.374. The van der Waals surface area contributed by atoms with E-state index in [0.717, 1.165) is 24.5 Å². The van der Waals surface area contributed by atoms with Gasteiger partial charge in [-0.1, -0.05) is 13.8 Å². The number of hydrogen-bond acceptors (Lipinski definition) is 4. The van der Waals surface area contributed by atoms with E-state index in [0.29, 0.717) is 11.3 Å². The van der Waals surface area contributed by atoms with Gasteiger partial charge in [-0.3, -0.25) is 0 Å². The van der Waals surface area contributed by atoms with Crippen LogP contribution in [0.25, 0.3) is 0 Å². The van der Waals surface area contributed by atoms with Gasteiger partial charge in [-0.2, -0.15) is 0 Å². The van der Waals surface area contributed by atoms with Crippen molar-refractivity contribution in [2.75, 3.05) is 5.43 Å². The lowest BCUT2D eigenvalue weighted by Gasteiger charge is -2.10. The van der Waals surface area contributed by atoms with E-state index in [1.165, 1.54) is 24.1 Å². The molecule has 0 spiro atoms. The molecule has 0 amide bonds. The van der Waals surface area contributed by atoms with Crippen LogP contribution in [0.2, 0.25) is 0 Å². The smallest absolute Gasteiger partial charge is 0.147 e. The maximum Gasteiger partial charge on any atom is 0.147 e. The summed E-state index contributed by atoms with van der Waals surface area (Å²) in [6.45, 7) is 4.54. The average molecular weight is 218 g/mol. The number of aromatic nitrogens is 2. The maximum atomic E-state index is 5.54. The van der Waals surface area contributed by atoms with Crippen LogP contribution >= 0.6 is 0 Å². The molecular weight excluding hydrogens is 200 g/mol. The molecule has 4 heteroatoms. The number of aryl methyl sites for hydroxylation is 1. The predicted octanol–water partition coefficient (Wildman–Crippen LogP) is 1.76. The van der Waals surface area contributed by atoms with Crippen molar-refractivity contribution in [1.29, 1.82) is 0 Å². The average Bonchev–Trinajstić information content (AvgIpc) is 2.71. The van der Waals surface area contributed by atoms with E-state index in [1.54, 1.807) is 0 Å². The monoisotopic (exact) mass is 218 g/mol. The summed E-state index contributed by atoms with van der Waals surface area (Å²) in [5.41, 5.74) is 5.54. The molecule has 0 radical (unpaired) electrons. The van der Waals surface area contributed by atoms with Crippen LogP contribution in [0.4, 0.5) is 5.82 Å². The van der Waals surface area contributed by atoms with Crippen molar-refractivity contribution in [1.82, 2.24) is 9.97 Å². The Bertz CT molecular complexity index is 439. The number of hydrazine groups is 1. The second kappa shape index (κ2) is 3.17. The van der Waals surface area contributed by atoms with Crippen LogP contribution < -0.4 is 11.3 Å². The summed E-state index contributed by atoms with van der Waals surface area (Å²) in [6.07, 6.45) is 4.50. The number of rotatable bonds is 2. The van der Waals surface area contributed by atoms with Gasteiger partial charge in [0.1, 0.15) is 11.6 Å². The summed E-state index contributed by atoms with van der Waals surface area (Å²) >= 11 is 0. The first-order valence-corrected chi connectivity index (χ1v) is 5.98. The normalized spacial score (nSPS) is 25.3. The van der Waals surface area contributed by atoms with E-state index < -0.39 is 0 Å². The van der Waals surface area contributed by atoms with Crippen LogP contribution in [0.3, 0.4) is 0 Å². The van der Waals surface area contributed by atoms with Gasteiger partial charge in [-0.25, -0.2) is 15.8 Å². The van der Waals surface area contributed by atoms with Gasteiger partial charge in [-0.05, 0) is 31.1 Å². The molecule has 3 N–H and O–H groups in total. The zero-order valence-corrected chi connectivity index (χ0v) is 9.88. The highest BCUT2D eigenvalue weighted by molar-refractivity contribution is 5.48. The lowest BCUT2D eigenvalue weighted by Crippen LogP contribution is -2.14. The van der Waals surface area contributed by atoms with Gasteiger partial charge in [0, 0.05) is 17.2 Å². The van der Waals surface area contributed by atoms with Crippen LogP contribution in [0.1, 0.15) is 49.7 Å². The van der Waals surface area contributed by atoms with Crippen LogP contribution in [0.15, 0.2) is 0 Å². The summed E-state index contributed by atoms with van der Waals surface area (Å²) < 4.78 is 0. The number of nitrogen functional groups attached to an aromatic ring is 1. The quantitative estimate of drug-likeness (QED) is 0.586. The zero-order chi connectivity index (χ0) is 11.3. The summed E-state index contributed by atoms with van der Waals surface area (Å²) in [5.74, 6) is 7.89. The minimum Gasteiger partial charge on any atom is -0.308 e. The highest BCUT2D eigenvalue weighted by atomic mass is 15.3. The van der Waals surface area contributed by atoms with Crippen molar-refractivity contribution < 1.29 is 0 Å².